The molecule has 0 atom stereocenters. The van der Waals surface area contributed by atoms with Gasteiger partial charge in [-0.15, -0.1) is 0 Å². The van der Waals surface area contributed by atoms with Gasteiger partial charge in [-0.25, -0.2) is 0 Å². The zero-order valence-electron chi connectivity index (χ0n) is 13.2. The van der Waals surface area contributed by atoms with E-state index in [-0.39, 0.29) is 0 Å². The summed E-state index contributed by atoms with van der Waals surface area (Å²) >= 11 is 0. The Kier molecular flexibility index (Phi) is 5.88. The van der Waals surface area contributed by atoms with Crippen molar-refractivity contribution in [2.75, 3.05) is 33.4 Å². The zero-order valence-corrected chi connectivity index (χ0v) is 13.2. The van der Waals surface area contributed by atoms with Crippen LogP contribution in [-0.2, 0) is 0 Å². The summed E-state index contributed by atoms with van der Waals surface area (Å²) in [5.41, 5.74) is -0.478. The molecule has 0 bridgehead atoms. The summed E-state index contributed by atoms with van der Waals surface area (Å²) in [5, 5.41) is 10.4. The molecule has 4 heteroatoms. The molecular weight excluding hydrogens is 266 g/mol. The maximum Gasteiger partial charge on any atom is 0.119 e. The quantitative estimate of drug-likeness (QED) is 0.800. The minimum absolute atomic E-state index is 0.478. The van der Waals surface area contributed by atoms with Crippen LogP contribution in [0.5, 0.6) is 11.5 Å². The predicted octanol–water partition coefficient (Wildman–Crippen LogP) is 2.70. The Morgan fingerprint density at radius 1 is 1.10 bits per heavy atom. The molecular formula is C17H27NO3. The maximum atomic E-state index is 10.4. The first kappa shape index (κ1) is 16.1. The minimum Gasteiger partial charge on any atom is -0.494 e. The Morgan fingerprint density at radius 2 is 1.67 bits per heavy atom. The van der Waals surface area contributed by atoms with Gasteiger partial charge in [0.25, 0.3) is 0 Å². The zero-order chi connectivity index (χ0) is 15.1. The van der Waals surface area contributed by atoms with Gasteiger partial charge >= 0.3 is 0 Å². The van der Waals surface area contributed by atoms with Crippen molar-refractivity contribution in [3.63, 3.8) is 0 Å². The Morgan fingerprint density at radius 3 is 2.24 bits per heavy atom. The van der Waals surface area contributed by atoms with Crippen LogP contribution < -0.4 is 9.47 Å². The average Bonchev–Trinajstić information content (AvgIpc) is 2.87. The van der Waals surface area contributed by atoms with Crippen LogP contribution in [0.4, 0.5) is 0 Å². The SMILES string of the molecule is CCOc1ccc(OCCN(C)CC2(O)CCCC2)cc1. The van der Waals surface area contributed by atoms with Crippen LogP contribution in [0.15, 0.2) is 24.3 Å². The average molecular weight is 293 g/mol. The van der Waals surface area contributed by atoms with Crippen molar-refractivity contribution in [1.29, 1.82) is 0 Å². The highest BCUT2D eigenvalue weighted by molar-refractivity contribution is 5.31. The van der Waals surface area contributed by atoms with E-state index < -0.39 is 5.60 Å². The van der Waals surface area contributed by atoms with E-state index in [1.165, 1.54) is 0 Å². The van der Waals surface area contributed by atoms with E-state index in [4.69, 9.17) is 9.47 Å². The number of benzene rings is 1. The van der Waals surface area contributed by atoms with E-state index in [1.54, 1.807) is 0 Å². The van der Waals surface area contributed by atoms with Gasteiger partial charge in [0, 0.05) is 13.1 Å². The number of hydrogen-bond donors (Lipinski definition) is 1. The first-order valence-corrected chi connectivity index (χ1v) is 7.88. The Bertz CT molecular complexity index is 413. The molecule has 0 aliphatic heterocycles. The van der Waals surface area contributed by atoms with E-state index in [2.05, 4.69) is 4.90 Å². The van der Waals surface area contributed by atoms with Gasteiger partial charge in [0.2, 0.25) is 0 Å². The molecule has 1 aromatic carbocycles. The first-order chi connectivity index (χ1) is 10.1. The molecule has 1 aliphatic carbocycles. The second-order valence-corrected chi connectivity index (χ2v) is 5.92. The summed E-state index contributed by atoms with van der Waals surface area (Å²) in [6.07, 6.45) is 4.15. The molecule has 21 heavy (non-hydrogen) atoms. The first-order valence-electron chi connectivity index (χ1n) is 7.88. The summed E-state index contributed by atoms with van der Waals surface area (Å²) in [6, 6.07) is 7.69. The molecule has 0 heterocycles. The second kappa shape index (κ2) is 7.66. The normalized spacial score (nSPS) is 17.1. The lowest BCUT2D eigenvalue weighted by atomic mass is 10.0. The molecule has 1 aliphatic rings. The third-order valence-corrected chi connectivity index (χ3v) is 3.97. The Hall–Kier alpha value is -1.26. The topological polar surface area (TPSA) is 41.9 Å². The Labute approximate surface area is 127 Å². The van der Waals surface area contributed by atoms with Crippen LogP contribution in [-0.4, -0.2) is 49.0 Å². The van der Waals surface area contributed by atoms with Gasteiger partial charge in [-0.1, -0.05) is 12.8 Å². The lowest BCUT2D eigenvalue weighted by Gasteiger charge is -2.28. The highest BCUT2D eigenvalue weighted by atomic mass is 16.5. The standard InChI is InChI=1S/C17H27NO3/c1-3-20-15-6-8-16(9-7-15)21-13-12-18(2)14-17(19)10-4-5-11-17/h6-9,19H,3-5,10-14H2,1-2H3. The van der Waals surface area contributed by atoms with Crippen molar-refractivity contribution in [3.8, 4) is 11.5 Å². The van der Waals surface area contributed by atoms with Gasteiger partial charge < -0.3 is 19.5 Å². The van der Waals surface area contributed by atoms with Crippen LogP contribution in [0.3, 0.4) is 0 Å². The molecule has 1 aromatic rings. The molecule has 118 valence electrons. The number of hydrogen-bond acceptors (Lipinski definition) is 4. The van der Waals surface area contributed by atoms with Crippen LogP contribution in [0.1, 0.15) is 32.6 Å². The molecule has 0 amide bonds. The maximum absolute atomic E-state index is 10.4. The summed E-state index contributed by atoms with van der Waals surface area (Å²) in [6.45, 7) is 4.82. The molecule has 2 rings (SSSR count). The number of nitrogens with zero attached hydrogens (tertiary/aromatic N) is 1. The third-order valence-electron chi connectivity index (χ3n) is 3.97. The summed E-state index contributed by atoms with van der Waals surface area (Å²) in [4.78, 5) is 2.15. The molecule has 0 spiro atoms. The molecule has 1 fully saturated rings. The van der Waals surface area contributed by atoms with E-state index in [1.807, 2.05) is 38.2 Å². The smallest absolute Gasteiger partial charge is 0.119 e. The molecule has 0 aromatic heterocycles. The highest BCUT2D eigenvalue weighted by Crippen LogP contribution is 2.29. The van der Waals surface area contributed by atoms with Crippen molar-refractivity contribution in [2.24, 2.45) is 0 Å². The largest absolute Gasteiger partial charge is 0.494 e. The third kappa shape index (κ3) is 5.21. The van der Waals surface area contributed by atoms with Crippen LogP contribution >= 0.6 is 0 Å². The van der Waals surface area contributed by atoms with Crippen LogP contribution in [0, 0.1) is 0 Å². The van der Waals surface area contributed by atoms with Crippen molar-refractivity contribution in [1.82, 2.24) is 4.90 Å². The van der Waals surface area contributed by atoms with Gasteiger partial charge in [-0.3, -0.25) is 0 Å². The van der Waals surface area contributed by atoms with Crippen molar-refractivity contribution in [2.45, 2.75) is 38.2 Å². The Balaban J connectivity index is 1.68. The highest BCUT2D eigenvalue weighted by Gasteiger charge is 2.31. The summed E-state index contributed by atoms with van der Waals surface area (Å²) < 4.78 is 11.1. The fraction of sp³-hybridized carbons (Fsp3) is 0.647. The van der Waals surface area contributed by atoms with Gasteiger partial charge in [-0.2, -0.15) is 0 Å². The van der Waals surface area contributed by atoms with E-state index in [0.29, 0.717) is 13.2 Å². The van der Waals surface area contributed by atoms with E-state index in [0.717, 1.165) is 50.3 Å². The summed E-state index contributed by atoms with van der Waals surface area (Å²) in [5.74, 6) is 1.72. The molecule has 0 saturated heterocycles. The summed E-state index contributed by atoms with van der Waals surface area (Å²) in [7, 11) is 2.04. The van der Waals surface area contributed by atoms with E-state index in [9.17, 15) is 5.11 Å². The minimum atomic E-state index is -0.478. The number of aliphatic hydroxyl groups is 1. The lowest BCUT2D eigenvalue weighted by Crippen LogP contribution is -2.40. The van der Waals surface area contributed by atoms with Gasteiger partial charge in [0.1, 0.15) is 18.1 Å². The predicted molar refractivity (Wildman–Crippen MR) is 84.0 cm³/mol. The molecule has 0 unspecified atom stereocenters. The fourth-order valence-electron chi connectivity index (χ4n) is 2.89. The molecule has 1 N–H and O–H groups in total. The van der Waals surface area contributed by atoms with Crippen molar-refractivity contribution >= 4 is 0 Å². The number of ether oxygens (including phenoxy) is 2. The van der Waals surface area contributed by atoms with Crippen molar-refractivity contribution in [3.05, 3.63) is 24.3 Å². The molecule has 4 nitrogen and oxygen atoms in total. The van der Waals surface area contributed by atoms with Gasteiger partial charge in [0.05, 0.1) is 12.2 Å². The fourth-order valence-corrected chi connectivity index (χ4v) is 2.89. The van der Waals surface area contributed by atoms with Gasteiger partial charge in [0.15, 0.2) is 0 Å². The number of rotatable bonds is 8. The van der Waals surface area contributed by atoms with E-state index >= 15 is 0 Å². The van der Waals surface area contributed by atoms with Crippen molar-refractivity contribution < 1.29 is 14.6 Å². The molecule has 1 saturated carbocycles. The van der Waals surface area contributed by atoms with Crippen LogP contribution in [0.2, 0.25) is 0 Å². The monoisotopic (exact) mass is 293 g/mol. The number of likely N-dealkylation sites (N-methyl/N-ethyl adjacent to an activating group) is 1. The van der Waals surface area contributed by atoms with Crippen LogP contribution in [0.25, 0.3) is 0 Å². The second-order valence-electron chi connectivity index (χ2n) is 5.92. The van der Waals surface area contributed by atoms with Gasteiger partial charge in [-0.05, 0) is 51.1 Å². The molecule has 0 radical (unpaired) electrons. The lowest BCUT2D eigenvalue weighted by molar-refractivity contribution is 0.0139.